The predicted octanol–water partition coefficient (Wildman–Crippen LogP) is 2.16. The second-order valence-corrected chi connectivity index (χ2v) is 2.68. The molecule has 0 spiro atoms. The van der Waals surface area contributed by atoms with Crippen LogP contribution in [0.2, 0.25) is 0 Å². The van der Waals surface area contributed by atoms with E-state index in [1.54, 1.807) is 6.92 Å². The molecule has 1 aliphatic rings. The zero-order valence-electron chi connectivity index (χ0n) is 6.75. The highest BCUT2D eigenvalue weighted by atomic mass is 16.6. The number of hydrogen-bond donors (Lipinski definition) is 0. The lowest BCUT2D eigenvalue weighted by atomic mass is 10.3. The van der Waals surface area contributed by atoms with Gasteiger partial charge in [-0.05, 0) is 32.6 Å². The third kappa shape index (κ3) is 2.70. The molecule has 0 aromatic heterocycles. The van der Waals surface area contributed by atoms with Gasteiger partial charge in [-0.2, -0.15) is 4.99 Å². The van der Waals surface area contributed by atoms with Crippen LogP contribution in [-0.2, 0) is 4.74 Å². The van der Waals surface area contributed by atoms with Gasteiger partial charge in [0.05, 0.1) is 0 Å². The van der Waals surface area contributed by atoms with E-state index in [4.69, 9.17) is 4.74 Å². The molecule has 1 aliphatic carbocycles. The number of rotatable bonds is 1. The van der Waals surface area contributed by atoms with Crippen molar-refractivity contribution in [1.82, 2.24) is 0 Å². The first-order chi connectivity index (χ1) is 5.33. The summed E-state index contributed by atoms with van der Waals surface area (Å²) in [5.74, 6) is 0. The molecule has 3 heteroatoms. The topological polar surface area (TPSA) is 38.7 Å². The van der Waals surface area contributed by atoms with Gasteiger partial charge in [-0.1, -0.05) is 0 Å². The lowest BCUT2D eigenvalue weighted by molar-refractivity contribution is 0.111. The fourth-order valence-corrected chi connectivity index (χ4v) is 1.28. The second kappa shape index (κ2) is 4.11. The van der Waals surface area contributed by atoms with Gasteiger partial charge in [-0.15, -0.1) is 0 Å². The van der Waals surface area contributed by atoms with E-state index in [0.717, 1.165) is 12.8 Å². The number of aliphatic imine (C=N–C) groups is 1. The summed E-state index contributed by atoms with van der Waals surface area (Å²) in [7, 11) is 0. The Kier molecular flexibility index (Phi) is 3.08. The Bertz CT molecular complexity index is 159. The smallest absolute Gasteiger partial charge is 0.433 e. The minimum Gasteiger partial charge on any atom is -0.445 e. The average molecular weight is 155 g/mol. The lowest BCUT2D eigenvalue weighted by Crippen LogP contribution is -2.11. The molecule has 1 saturated carbocycles. The summed E-state index contributed by atoms with van der Waals surface area (Å²) in [5.41, 5.74) is 0. The third-order valence-corrected chi connectivity index (χ3v) is 1.80. The molecule has 0 N–H and O–H groups in total. The molecule has 3 nitrogen and oxygen atoms in total. The Morgan fingerprint density at radius 2 is 2.18 bits per heavy atom. The fraction of sp³-hybridized carbons (Fsp3) is 0.750. The van der Waals surface area contributed by atoms with Crippen molar-refractivity contribution in [3.8, 4) is 0 Å². The van der Waals surface area contributed by atoms with Crippen molar-refractivity contribution >= 4 is 12.3 Å². The number of ether oxygens (including phenoxy) is 1. The van der Waals surface area contributed by atoms with E-state index in [1.807, 2.05) is 0 Å². The van der Waals surface area contributed by atoms with Crippen molar-refractivity contribution < 1.29 is 9.53 Å². The average Bonchev–Trinajstić information content (AvgIpc) is 2.40. The van der Waals surface area contributed by atoms with Crippen LogP contribution in [0, 0.1) is 0 Å². The van der Waals surface area contributed by atoms with Crippen molar-refractivity contribution in [3.63, 3.8) is 0 Å². The Labute approximate surface area is 66.5 Å². The van der Waals surface area contributed by atoms with Crippen LogP contribution in [0.15, 0.2) is 4.99 Å². The molecule has 11 heavy (non-hydrogen) atoms. The van der Waals surface area contributed by atoms with Crippen LogP contribution in [0.25, 0.3) is 0 Å². The molecule has 0 heterocycles. The summed E-state index contributed by atoms with van der Waals surface area (Å²) in [6.45, 7) is 1.70. The molecule has 0 atom stereocenters. The highest BCUT2D eigenvalue weighted by molar-refractivity contribution is 5.78. The first kappa shape index (κ1) is 8.24. The maximum absolute atomic E-state index is 10.8. The Balaban J connectivity index is 2.23. The first-order valence-electron chi connectivity index (χ1n) is 4.02. The van der Waals surface area contributed by atoms with Gasteiger partial charge in [0.15, 0.2) is 0 Å². The lowest BCUT2D eigenvalue weighted by Gasteiger charge is -2.07. The van der Waals surface area contributed by atoms with E-state index in [1.165, 1.54) is 19.1 Å². The van der Waals surface area contributed by atoms with Crippen molar-refractivity contribution in [1.29, 1.82) is 0 Å². The van der Waals surface area contributed by atoms with Gasteiger partial charge in [0, 0.05) is 6.21 Å². The molecule has 1 amide bonds. The molecule has 1 rings (SSSR count). The van der Waals surface area contributed by atoms with Crippen LogP contribution in [0.3, 0.4) is 0 Å². The Morgan fingerprint density at radius 1 is 1.55 bits per heavy atom. The van der Waals surface area contributed by atoms with Crippen molar-refractivity contribution in [2.24, 2.45) is 4.99 Å². The largest absolute Gasteiger partial charge is 0.445 e. The summed E-state index contributed by atoms with van der Waals surface area (Å²) < 4.78 is 5.01. The van der Waals surface area contributed by atoms with E-state index < -0.39 is 6.09 Å². The summed E-state index contributed by atoms with van der Waals surface area (Å²) in [6.07, 6.45) is 5.50. The van der Waals surface area contributed by atoms with E-state index in [2.05, 4.69) is 4.99 Å². The minimum atomic E-state index is -0.445. The number of carbonyl (C=O) groups excluding carboxylic acids is 1. The molecule has 0 aliphatic heterocycles. The minimum absolute atomic E-state index is 0.131. The molecular formula is C8H13NO2. The molecule has 62 valence electrons. The zero-order chi connectivity index (χ0) is 8.10. The van der Waals surface area contributed by atoms with Gasteiger partial charge in [-0.3, -0.25) is 0 Å². The molecule has 1 fully saturated rings. The van der Waals surface area contributed by atoms with Gasteiger partial charge >= 0.3 is 6.09 Å². The SMILES string of the molecule is CC=NC(=O)OC1CCCC1. The van der Waals surface area contributed by atoms with Crippen molar-refractivity contribution in [2.75, 3.05) is 0 Å². The summed E-state index contributed by atoms with van der Waals surface area (Å²) >= 11 is 0. The highest BCUT2D eigenvalue weighted by Gasteiger charge is 2.18. The molecule has 0 saturated heterocycles. The standard InChI is InChI=1S/C8H13NO2/c1-2-9-8(10)11-7-5-3-4-6-7/h2,7H,3-6H2,1H3. The van der Waals surface area contributed by atoms with E-state index in [9.17, 15) is 4.79 Å². The molecule has 0 aromatic carbocycles. The number of nitrogens with zero attached hydrogens (tertiary/aromatic N) is 1. The van der Waals surface area contributed by atoms with Crippen LogP contribution in [0.4, 0.5) is 4.79 Å². The summed E-state index contributed by atoms with van der Waals surface area (Å²) in [5, 5.41) is 0. The quantitative estimate of drug-likeness (QED) is 0.544. The molecular weight excluding hydrogens is 142 g/mol. The van der Waals surface area contributed by atoms with Crippen molar-refractivity contribution in [3.05, 3.63) is 0 Å². The van der Waals surface area contributed by atoms with Gasteiger partial charge in [0.2, 0.25) is 0 Å². The second-order valence-electron chi connectivity index (χ2n) is 2.68. The molecule has 0 bridgehead atoms. The van der Waals surface area contributed by atoms with E-state index in [-0.39, 0.29) is 6.10 Å². The third-order valence-electron chi connectivity index (χ3n) is 1.80. The maximum atomic E-state index is 10.8. The number of hydrogen-bond acceptors (Lipinski definition) is 2. The Morgan fingerprint density at radius 3 is 2.73 bits per heavy atom. The molecule has 0 aromatic rings. The van der Waals surface area contributed by atoms with E-state index >= 15 is 0 Å². The normalized spacial score (nSPS) is 19.4. The van der Waals surface area contributed by atoms with Crippen LogP contribution in [0.1, 0.15) is 32.6 Å². The van der Waals surface area contributed by atoms with E-state index in [0.29, 0.717) is 0 Å². The highest BCUT2D eigenvalue weighted by Crippen LogP contribution is 2.21. The zero-order valence-corrected chi connectivity index (χ0v) is 6.75. The van der Waals surface area contributed by atoms with Gasteiger partial charge in [-0.25, -0.2) is 4.79 Å². The van der Waals surface area contributed by atoms with Crippen molar-refractivity contribution in [2.45, 2.75) is 38.7 Å². The predicted molar refractivity (Wildman–Crippen MR) is 42.9 cm³/mol. The first-order valence-corrected chi connectivity index (χ1v) is 4.02. The van der Waals surface area contributed by atoms with Crippen LogP contribution in [-0.4, -0.2) is 18.4 Å². The van der Waals surface area contributed by atoms with Crippen LogP contribution < -0.4 is 0 Å². The summed E-state index contributed by atoms with van der Waals surface area (Å²) in [6, 6.07) is 0. The number of carbonyl (C=O) groups is 1. The molecule has 0 radical (unpaired) electrons. The van der Waals surface area contributed by atoms with Gasteiger partial charge in [0.1, 0.15) is 6.10 Å². The number of amides is 1. The maximum Gasteiger partial charge on any atom is 0.433 e. The Hall–Kier alpha value is -0.860. The van der Waals surface area contributed by atoms with Gasteiger partial charge in [0.25, 0.3) is 0 Å². The summed E-state index contributed by atoms with van der Waals surface area (Å²) in [4.78, 5) is 14.3. The fourth-order valence-electron chi connectivity index (χ4n) is 1.28. The van der Waals surface area contributed by atoms with Crippen LogP contribution >= 0.6 is 0 Å². The van der Waals surface area contributed by atoms with Crippen LogP contribution in [0.5, 0.6) is 0 Å². The van der Waals surface area contributed by atoms with Gasteiger partial charge < -0.3 is 4.74 Å². The molecule has 0 unspecified atom stereocenters. The monoisotopic (exact) mass is 155 g/mol.